The van der Waals surface area contributed by atoms with Crippen molar-refractivity contribution < 1.29 is 33.3 Å². The van der Waals surface area contributed by atoms with Crippen molar-refractivity contribution in [3.8, 4) is 5.75 Å². The maximum Gasteiger partial charge on any atom is 0.410 e. The number of likely N-dealkylation sites (N-methyl/N-ethyl adjacent to an activating group) is 1. The first-order chi connectivity index (χ1) is 16.0. The molecule has 0 aromatic heterocycles. The third kappa shape index (κ3) is 8.85. The van der Waals surface area contributed by atoms with Crippen LogP contribution in [-0.2, 0) is 30.2 Å². The monoisotopic (exact) mass is 480 g/mol. The minimum Gasteiger partial charge on any atom is -0.496 e. The van der Waals surface area contributed by atoms with E-state index in [2.05, 4.69) is 5.32 Å². The molecule has 0 aliphatic carbocycles. The van der Waals surface area contributed by atoms with Gasteiger partial charge in [0, 0.05) is 20.8 Å². The number of esters is 1. The lowest BCUT2D eigenvalue weighted by atomic mass is 9.99. The van der Waals surface area contributed by atoms with Crippen molar-refractivity contribution in [2.75, 3.05) is 35.0 Å². The zero-order chi connectivity index (χ0) is 25.9. The summed E-state index contributed by atoms with van der Waals surface area (Å²) in [6.07, 6.45) is 1.79. The highest BCUT2D eigenvalue weighted by atomic mass is 16.6. The van der Waals surface area contributed by atoms with Gasteiger partial charge in [-0.1, -0.05) is 13.0 Å². The number of nitrogens with zero attached hydrogens (tertiary/aromatic N) is 1. The Morgan fingerprint density at radius 2 is 1.76 bits per heavy atom. The van der Waals surface area contributed by atoms with Crippen molar-refractivity contribution in [1.82, 2.24) is 10.2 Å². The molecule has 1 rings (SSSR count). The fourth-order valence-electron chi connectivity index (χ4n) is 3.47. The summed E-state index contributed by atoms with van der Waals surface area (Å²) in [6.45, 7) is 7.79. The Hall–Kier alpha value is -2.81. The fraction of sp³-hybridized carbons (Fsp3) is 0.640. The van der Waals surface area contributed by atoms with Gasteiger partial charge in [-0.2, -0.15) is 0 Å². The van der Waals surface area contributed by atoms with Gasteiger partial charge in [-0.15, -0.1) is 0 Å². The van der Waals surface area contributed by atoms with Gasteiger partial charge in [-0.25, -0.2) is 9.59 Å². The minimum absolute atomic E-state index is 0.382. The zero-order valence-electron chi connectivity index (χ0n) is 21.7. The lowest BCUT2D eigenvalue weighted by Crippen LogP contribution is -2.48. The smallest absolute Gasteiger partial charge is 0.410 e. The summed E-state index contributed by atoms with van der Waals surface area (Å²) in [6, 6.07) is 3.44. The van der Waals surface area contributed by atoms with Crippen molar-refractivity contribution in [2.45, 2.75) is 71.1 Å². The number of hydrogen-bond donors (Lipinski definition) is 1. The maximum absolute atomic E-state index is 13.5. The van der Waals surface area contributed by atoms with E-state index in [1.165, 1.54) is 19.1 Å². The number of hydrogen-bond acceptors (Lipinski definition) is 7. The first-order valence-electron chi connectivity index (χ1n) is 11.5. The molecule has 1 aromatic carbocycles. The van der Waals surface area contributed by atoms with E-state index in [4.69, 9.17) is 18.9 Å². The Morgan fingerprint density at radius 3 is 2.29 bits per heavy atom. The van der Waals surface area contributed by atoms with Crippen molar-refractivity contribution in [3.63, 3.8) is 0 Å². The molecule has 0 aliphatic rings. The quantitative estimate of drug-likeness (QED) is 0.360. The first-order valence-corrected chi connectivity index (χ1v) is 11.5. The highest BCUT2D eigenvalue weighted by Gasteiger charge is 2.34. The van der Waals surface area contributed by atoms with Crippen LogP contribution in [0.4, 0.5) is 4.79 Å². The molecule has 1 N–H and O–H groups in total. The van der Waals surface area contributed by atoms with E-state index in [-0.39, 0.29) is 0 Å². The predicted molar refractivity (Wildman–Crippen MR) is 129 cm³/mol. The molecule has 0 saturated carbocycles. The van der Waals surface area contributed by atoms with Crippen LogP contribution in [0.15, 0.2) is 18.2 Å². The van der Waals surface area contributed by atoms with Crippen LogP contribution >= 0.6 is 0 Å². The molecule has 0 fully saturated rings. The molecule has 2 unspecified atom stereocenters. The number of ether oxygens (including phenoxy) is 4. The molecule has 0 bridgehead atoms. The Bertz CT molecular complexity index is 820. The maximum atomic E-state index is 13.5. The van der Waals surface area contributed by atoms with Crippen LogP contribution in [0.3, 0.4) is 0 Å². The molecule has 1 aromatic rings. The summed E-state index contributed by atoms with van der Waals surface area (Å²) in [5, 5.41) is 2.77. The molecule has 0 heterocycles. The third-order valence-corrected chi connectivity index (χ3v) is 5.21. The number of nitrogens with one attached hydrogen (secondary N) is 1. The SMILES string of the molecule is CCc1cc(C(C(=O)NC(CCCCOC)C(=O)OC)N(C)C(=O)OC(C)(C)C)ccc1OC. The van der Waals surface area contributed by atoms with Gasteiger partial charge < -0.3 is 24.3 Å². The third-order valence-electron chi connectivity index (χ3n) is 5.21. The Kier molecular flexibility index (Phi) is 11.9. The van der Waals surface area contributed by atoms with Crippen LogP contribution < -0.4 is 10.1 Å². The molecule has 0 radical (unpaired) electrons. The predicted octanol–water partition coefficient (Wildman–Crippen LogP) is 3.64. The highest BCUT2D eigenvalue weighted by Crippen LogP contribution is 2.28. The van der Waals surface area contributed by atoms with Crippen LogP contribution in [0, 0.1) is 0 Å². The average molecular weight is 481 g/mol. The largest absolute Gasteiger partial charge is 0.496 e. The van der Waals surface area contributed by atoms with Crippen LogP contribution in [0.5, 0.6) is 5.75 Å². The topological polar surface area (TPSA) is 103 Å². The van der Waals surface area contributed by atoms with Crippen LogP contribution in [0.1, 0.15) is 64.1 Å². The van der Waals surface area contributed by atoms with E-state index in [1.807, 2.05) is 13.0 Å². The number of methoxy groups -OCH3 is 3. The van der Waals surface area contributed by atoms with E-state index in [1.54, 1.807) is 47.1 Å². The van der Waals surface area contributed by atoms with Gasteiger partial charge in [0.2, 0.25) is 5.91 Å². The van der Waals surface area contributed by atoms with E-state index < -0.39 is 35.7 Å². The van der Waals surface area contributed by atoms with E-state index >= 15 is 0 Å². The standard InChI is InChI=1S/C25H40N2O7/c1-9-17-16-18(13-14-20(17)32-7)21(27(5)24(30)34-25(2,3)4)22(28)26-19(23(29)33-8)12-10-11-15-31-6/h13-14,16,19,21H,9-12,15H2,1-8H3,(H,26,28). The number of rotatable bonds is 12. The summed E-state index contributed by atoms with van der Waals surface area (Å²) < 4.78 is 20.8. The molecule has 192 valence electrons. The van der Waals surface area contributed by atoms with Crippen LogP contribution in [0.2, 0.25) is 0 Å². The van der Waals surface area contributed by atoms with Gasteiger partial charge in [0.1, 0.15) is 23.4 Å². The van der Waals surface area contributed by atoms with E-state index in [0.29, 0.717) is 37.2 Å². The van der Waals surface area contributed by atoms with Gasteiger partial charge in [-0.05, 0) is 69.7 Å². The van der Waals surface area contributed by atoms with Crippen molar-refractivity contribution in [1.29, 1.82) is 0 Å². The lowest BCUT2D eigenvalue weighted by Gasteiger charge is -2.31. The molecule has 0 saturated heterocycles. The van der Waals surface area contributed by atoms with Gasteiger partial charge >= 0.3 is 12.1 Å². The zero-order valence-corrected chi connectivity index (χ0v) is 21.7. The van der Waals surface area contributed by atoms with Crippen LogP contribution in [-0.4, -0.2) is 69.5 Å². The fourth-order valence-corrected chi connectivity index (χ4v) is 3.47. The number of amides is 2. The van der Waals surface area contributed by atoms with E-state index in [9.17, 15) is 14.4 Å². The Morgan fingerprint density at radius 1 is 1.09 bits per heavy atom. The second-order valence-corrected chi connectivity index (χ2v) is 8.99. The second-order valence-electron chi connectivity index (χ2n) is 8.99. The lowest BCUT2D eigenvalue weighted by molar-refractivity contribution is -0.146. The summed E-state index contributed by atoms with van der Waals surface area (Å²) in [4.78, 5) is 40.0. The number of carbonyl (C=O) groups excluding carboxylic acids is 3. The van der Waals surface area contributed by atoms with E-state index in [0.717, 1.165) is 12.0 Å². The molecular formula is C25H40N2O7. The summed E-state index contributed by atoms with van der Waals surface area (Å²) in [5.41, 5.74) is 0.725. The molecule has 34 heavy (non-hydrogen) atoms. The summed E-state index contributed by atoms with van der Waals surface area (Å²) in [7, 11) is 5.96. The van der Waals surface area contributed by atoms with Gasteiger partial charge in [0.25, 0.3) is 0 Å². The minimum atomic E-state index is -1.03. The first kappa shape index (κ1) is 29.2. The molecule has 9 nitrogen and oxygen atoms in total. The molecule has 2 amide bonds. The Balaban J connectivity index is 3.30. The van der Waals surface area contributed by atoms with Gasteiger partial charge in [0.05, 0.1) is 14.2 Å². The average Bonchev–Trinajstić information content (AvgIpc) is 2.79. The Labute approximate surface area is 203 Å². The number of benzene rings is 1. The highest BCUT2D eigenvalue weighted by molar-refractivity contribution is 5.90. The molecule has 9 heteroatoms. The molecule has 0 spiro atoms. The second kappa shape index (κ2) is 13.8. The number of unbranched alkanes of at least 4 members (excludes halogenated alkanes) is 1. The van der Waals surface area contributed by atoms with Crippen molar-refractivity contribution in [2.24, 2.45) is 0 Å². The van der Waals surface area contributed by atoms with Gasteiger partial charge in [-0.3, -0.25) is 9.69 Å². The number of aryl methyl sites for hydroxylation is 1. The van der Waals surface area contributed by atoms with Crippen LogP contribution in [0.25, 0.3) is 0 Å². The van der Waals surface area contributed by atoms with Crippen molar-refractivity contribution in [3.05, 3.63) is 29.3 Å². The van der Waals surface area contributed by atoms with Gasteiger partial charge in [0.15, 0.2) is 0 Å². The normalized spacial score (nSPS) is 12.9. The number of carbonyl (C=O) groups is 3. The molecular weight excluding hydrogens is 440 g/mol. The van der Waals surface area contributed by atoms with Crippen molar-refractivity contribution >= 4 is 18.0 Å². The summed E-state index contributed by atoms with van der Waals surface area (Å²) in [5.74, 6) is -0.368. The molecule has 2 atom stereocenters. The molecule has 0 aliphatic heterocycles. The summed E-state index contributed by atoms with van der Waals surface area (Å²) >= 11 is 0.